The molecule has 1 saturated heterocycles. The average Bonchev–Trinajstić information content (AvgIpc) is 2.71. The molecule has 0 aliphatic carbocycles. The molecule has 0 saturated carbocycles. The summed E-state index contributed by atoms with van der Waals surface area (Å²) < 4.78 is 2.92. The third kappa shape index (κ3) is 2.93. The Labute approximate surface area is 137 Å². The van der Waals surface area contributed by atoms with Gasteiger partial charge >= 0.3 is 11.7 Å². The van der Waals surface area contributed by atoms with Crippen LogP contribution in [0.5, 0.6) is 0 Å². The molecular weight excluding hydrogens is 314 g/mol. The van der Waals surface area contributed by atoms with Crippen LogP contribution in [-0.2, 0) is 18.4 Å². The monoisotopic (exact) mass is 335 g/mol. The molecular formula is C15H21N5O4. The van der Waals surface area contributed by atoms with Crippen LogP contribution in [0.3, 0.4) is 0 Å². The van der Waals surface area contributed by atoms with Gasteiger partial charge < -0.3 is 14.6 Å². The predicted molar refractivity (Wildman–Crippen MR) is 88.5 cm³/mol. The van der Waals surface area contributed by atoms with Gasteiger partial charge in [-0.1, -0.05) is 12.8 Å². The summed E-state index contributed by atoms with van der Waals surface area (Å²) in [5.74, 6) is -0.375. The molecule has 0 unspecified atom stereocenters. The Bertz CT molecular complexity index is 870. The molecule has 1 fully saturated rings. The summed E-state index contributed by atoms with van der Waals surface area (Å²) in [6.07, 6.45) is 4.22. The molecule has 1 aliphatic rings. The standard InChI is InChI=1S/C15H21N5O4/c1-18-12-11(13(23)17-15(18)24)20(9-6-10(21)22)14(16-12)19-7-4-2-3-5-8-19/h2-9H2,1H3,(H,21,22)(H,17,23,24). The molecule has 0 bridgehead atoms. The van der Waals surface area contributed by atoms with Gasteiger partial charge in [-0.15, -0.1) is 0 Å². The van der Waals surface area contributed by atoms with Crippen LogP contribution in [0.2, 0.25) is 0 Å². The Kier molecular flexibility index (Phi) is 4.41. The highest BCUT2D eigenvalue weighted by molar-refractivity contribution is 5.75. The minimum atomic E-state index is -0.945. The van der Waals surface area contributed by atoms with Crippen molar-refractivity contribution in [3.8, 4) is 0 Å². The van der Waals surface area contributed by atoms with E-state index in [1.807, 2.05) is 0 Å². The number of fused-ring (bicyclic) bond motifs is 1. The summed E-state index contributed by atoms with van der Waals surface area (Å²) in [5, 5.41) is 9.01. The molecule has 130 valence electrons. The van der Waals surface area contributed by atoms with E-state index in [0.717, 1.165) is 38.8 Å². The van der Waals surface area contributed by atoms with E-state index in [1.54, 1.807) is 11.6 Å². The maximum absolute atomic E-state index is 12.3. The second-order valence-corrected chi connectivity index (χ2v) is 6.10. The number of aliphatic carboxylic acids is 1. The lowest BCUT2D eigenvalue weighted by atomic mass is 10.2. The quantitative estimate of drug-likeness (QED) is 0.829. The highest BCUT2D eigenvalue weighted by Crippen LogP contribution is 2.23. The zero-order valence-electron chi connectivity index (χ0n) is 13.6. The van der Waals surface area contributed by atoms with Gasteiger partial charge in [0, 0.05) is 26.7 Å². The van der Waals surface area contributed by atoms with Gasteiger partial charge in [0.25, 0.3) is 5.56 Å². The molecule has 1 aliphatic heterocycles. The number of hydrogen-bond acceptors (Lipinski definition) is 5. The summed E-state index contributed by atoms with van der Waals surface area (Å²) in [6.45, 7) is 1.75. The Morgan fingerprint density at radius 2 is 1.88 bits per heavy atom. The molecule has 9 nitrogen and oxygen atoms in total. The first-order chi connectivity index (χ1) is 11.5. The number of H-pyrrole nitrogens is 1. The molecule has 0 atom stereocenters. The number of carbonyl (C=O) groups is 1. The third-order valence-corrected chi connectivity index (χ3v) is 4.43. The second-order valence-electron chi connectivity index (χ2n) is 6.10. The van der Waals surface area contributed by atoms with Gasteiger partial charge in [-0.05, 0) is 12.8 Å². The number of imidazole rings is 1. The number of nitrogens with zero attached hydrogens (tertiary/aromatic N) is 4. The van der Waals surface area contributed by atoms with Gasteiger partial charge in [-0.3, -0.25) is 19.1 Å². The fourth-order valence-electron chi connectivity index (χ4n) is 3.15. The largest absolute Gasteiger partial charge is 0.481 e. The maximum Gasteiger partial charge on any atom is 0.329 e. The molecule has 0 aromatic carbocycles. The molecule has 3 rings (SSSR count). The lowest BCUT2D eigenvalue weighted by Crippen LogP contribution is -2.30. The first-order valence-electron chi connectivity index (χ1n) is 8.15. The molecule has 3 heterocycles. The average molecular weight is 335 g/mol. The van der Waals surface area contributed by atoms with E-state index >= 15 is 0 Å². The van der Waals surface area contributed by atoms with Gasteiger partial charge in [0.2, 0.25) is 5.95 Å². The number of carboxylic acids is 1. The van der Waals surface area contributed by atoms with Crippen LogP contribution in [0.25, 0.3) is 11.2 Å². The smallest absolute Gasteiger partial charge is 0.329 e. The summed E-state index contributed by atoms with van der Waals surface area (Å²) >= 11 is 0. The number of aromatic amines is 1. The Morgan fingerprint density at radius 1 is 1.21 bits per heavy atom. The summed E-state index contributed by atoms with van der Waals surface area (Å²) in [5.41, 5.74) is -0.532. The number of nitrogens with one attached hydrogen (secondary N) is 1. The van der Waals surface area contributed by atoms with E-state index in [0.29, 0.717) is 5.95 Å². The van der Waals surface area contributed by atoms with Crippen LogP contribution in [0.1, 0.15) is 32.1 Å². The Hall–Kier alpha value is -2.58. The van der Waals surface area contributed by atoms with Crippen molar-refractivity contribution >= 4 is 23.1 Å². The topological polar surface area (TPSA) is 113 Å². The van der Waals surface area contributed by atoms with Crippen molar-refractivity contribution < 1.29 is 9.90 Å². The Balaban J connectivity index is 2.18. The molecule has 0 amide bonds. The zero-order valence-corrected chi connectivity index (χ0v) is 13.6. The van der Waals surface area contributed by atoms with Gasteiger partial charge in [-0.25, -0.2) is 4.79 Å². The highest BCUT2D eigenvalue weighted by Gasteiger charge is 2.22. The number of aromatic nitrogens is 4. The van der Waals surface area contributed by atoms with Crippen LogP contribution >= 0.6 is 0 Å². The van der Waals surface area contributed by atoms with Crippen molar-refractivity contribution in [2.75, 3.05) is 18.0 Å². The van der Waals surface area contributed by atoms with E-state index in [-0.39, 0.29) is 24.1 Å². The fourth-order valence-corrected chi connectivity index (χ4v) is 3.15. The molecule has 2 aromatic rings. The van der Waals surface area contributed by atoms with E-state index in [1.165, 1.54) is 4.57 Å². The number of carboxylic acid groups (broad SMARTS) is 1. The molecule has 0 spiro atoms. The summed E-state index contributed by atoms with van der Waals surface area (Å²) in [4.78, 5) is 44.0. The van der Waals surface area contributed by atoms with Crippen molar-refractivity contribution in [2.24, 2.45) is 7.05 Å². The SMILES string of the molecule is Cn1c(=O)[nH]c(=O)c2c1nc(N1CCCCCC1)n2CCC(=O)O. The van der Waals surface area contributed by atoms with Crippen LogP contribution in [-0.4, -0.2) is 43.3 Å². The lowest BCUT2D eigenvalue weighted by Gasteiger charge is -2.22. The van der Waals surface area contributed by atoms with Crippen LogP contribution in [0.15, 0.2) is 9.59 Å². The van der Waals surface area contributed by atoms with Crippen molar-refractivity contribution in [3.05, 3.63) is 20.8 Å². The molecule has 2 aromatic heterocycles. The summed E-state index contributed by atoms with van der Waals surface area (Å²) in [7, 11) is 1.54. The minimum absolute atomic E-state index is 0.116. The van der Waals surface area contributed by atoms with E-state index in [2.05, 4.69) is 14.9 Å². The van der Waals surface area contributed by atoms with Crippen LogP contribution < -0.4 is 16.1 Å². The van der Waals surface area contributed by atoms with Gasteiger partial charge in [0.1, 0.15) is 0 Å². The molecule has 0 radical (unpaired) electrons. The van der Waals surface area contributed by atoms with Gasteiger partial charge in [0.05, 0.1) is 6.42 Å². The van der Waals surface area contributed by atoms with Crippen molar-refractivity contribution in [1.82, 2.24) is 19.1 Å². The van der Waals surface area contributed by atoms with Crippen LogP contribution in [0, 0.1) is 0 Å². The maximum atomic E-state index is 12.3. The van der Waals surface area contributed by atoms with E-state index < -0.39 is 17.2 Å². The van der Waals surface area contributed by atoms with Crippen molar-refractivity contribution in [3.63, 3.8) is 0 Å². The van der Waals surface area contributed by atoms with Crippen molar-refractivity contribution in [1.29, 1.82) is 0 Å². The number of hydrogen-bond donors (Lipinski definition) is 2. The second kappa shape index (κ2) is 6.50. The highest BCUT2D eigenvalue weighted by atomic mass is 16.4. The van der Waals surface area contributed by atoms with Crippen molar-refractivity contribution in [2.45, 2.75) is 38.6 Å². The minimum Gasteiger partial charge on any atom is -0.481 e. The fraction of sp³-hybridized carbons (Fsp3) is 0.600. The first kappa shape index (κ1) is 16.3. The summed E-state index contributed by atoms with van der Waals surface area (Å²) in [6, 6.07) is 0. The van der Waals surface area contributed by atoms with E-state index in [9.17, 15) is 14.4 Å². The van der Waals surface area contributed by atoms with E-state index in [4.69, 9.17) is 5.11 Å². The Morgan fingerprint density at radius 3 is 2.50 bits per heavy atom. The molecule has 24 heavy (non-hydrogen) atoms. The van der Waals surface area contributed by atoms with Gasteiger partial charge in [-0.2, -0.15) is 4.98 Å². The number of anilines is 1. The first-order valence-corrected chi connectivity index (χ1v) is 8.15. The molecule has 2 N–H and O–H groups in total. The number of rotatable bonds is 4. The molecule has 9 heteroatoms. The number of aryl methyl sites for hydroxylation is 2. The normalized spacial score (nSPS) is 15.6. The third-order valence-electron chi connectivity index (χ3n) is 4.43. The van der Waals surface area contributed by atoms with Gasteiger partial charge in [0.15, 0.2) is 11.2 Å². The van der Waals surface area contributed by atoms with Crippen LogP contribution in [0.4, 0.5) is 5.95 Å². The predicted octanol–water partition coefficient (Wildman–Crippen LogP) is 0.278. The lowest BCUT2D eigenvalue weighted by molar-refractivity contribution is -0.137. The zero-order chi connectivity index (χ0) is 17.3.